The van der Waals surface area contributed by atoms with Crippen molar-refractivity contribution in [3.05, 3.63) is 88.5 Å². The van der Waals surface area contributed by atoms with Crippen molar-refractivity contribution in [1.82, 2.24) is 5.32 Å². The molecular weight excluding hydrogens is 314 g/mol. The Morgan fingerprint density at radius 1 is 1.15 bits per heavy atom. The fourth-order valence-corrected chi connectivity index (χ4v) is 5.01. The van der Waals surface area contributed by atoms with E-state index in [0.29, 0.717) is 0 Å². The molecule has 26 heavy (non-hydrogen) atoms. The van der Waals surface area contributed by atoms with Gasteiger partial charge in [0.1, 0.15) is 0 Å². The molecule has 3 unspecified atom stereocenters. The van der Waals surface area contributed by atoms with E-state index in [1.165, 1.54) is 34.2 Å². The zero-order valence-corrected chi connectivity index (χ0v) is 16.6. The first kappa shape index (κ1) is 17.3. The van der Waals surface area contributed by atoms with E-state index in [-0.39, 0.29) is 17.0 Å². The summed E-state index contributed by atoms with van der Waals surface area (Å²) in [4.78, 5) is 0. The van der Waals surface area contributed by atoms with Crippen molar-refractivity contribution < 1.29 is 0 Å². The molecule has 0 amide bonds. The Kier molecular flexibility index (Phi) is 3.79. The number of hydrogen-bond acceptors (Lipinski definition) is 1. The van der Waals surface area contributed by atoms with Crippen molar-refractivity contribution in [2.24, 2.45) is 0 Å². The average molecular weight is 344 g/mol. The van der Waals surface area contributed by atoms with Gasteiger partial charge in [0.15, 0.2) is 0 Å². The lowest BCUT2D eigenvalue weighted by Gasteiger charge is -2.36. The molecular formula is C25H29N. The quantitative estimate of drug-likeness (QED) is 0.671. The minimum atomic E-state index is 0.190. The first-order chi connectivity index (χ1) is 12.2. The van der Waals surface area contributed by atoms with Crippen LogP contribution in [0.25, 0.3) is 5.57 Å². The van der Waals surface area contributed by atoms with Gasteiger partial charge in [-0.05, 0) is 67.5 Å². The third-order valence-corrected chi connectivity index (χ3v) is 6.69. The normalized spacial score (nSPS) is 29.7. The first-order valence-electron chi connectivity index (χ1n) is 9.58. The minimum absolute atomic E-state index is 0.190. The Morgan fingerprint density at radius 2 is 1.85 bits per heavy atom. The highest BCUT2D eigenvalue weighted by Gasteiger charge is 2.65. The monoisotopic (exact) mass is 343 g/mol. The Labute approximate surface area is 157 Å². The van der Waals surface area contributed by atoms with Crippen molar-refractivity contribution in [3.8, 4) is 0 Å². The molecule has 134 valence electrons. The van der Waals surface area contributed by atoms with Crippen LogP contribution in [-0.4, -0.2) is 5.54 Å². The van der Waals surface area contributed by atoms with Crippen LogP contribution in [0.3, 0.4) is 0 Å². The fourth-order valence-electron chi connectivity index (χ4n) is 5.01. The number of rotatable bonds is 3. The third kappa shape index (κ3) is 2.49. The molecule has 1 fully saturated rings. The number of aryl methyl sites for hydroxylation is 2. The van der Waals surface area contributed by atoms with Crippen molar-refractivity contribution in [3.63, 3.8) is 0 Å². The maximum absolute atomic E-state index is 4.35. The average Bonchev–Trinajstić information content (AvgIpc) is 3.16. The SMILES string of the molecule is C=C(/C(C)=C\C1NC2(C)CC2(C)c2c(C)cc(C)cc21)c1ccccc1. The van der Waals surface area contributed by atoms with E-state index >= 15 is 0 Å². The van der Waals surface area contributed by atoms with Crippen molar-refractivity contribution in [2.75, 3.05) is 0 Å². The first-order valence-corrected chi connectivity index (χ1v) is 9.58. The lowest BCUT2D eigenvalue weighted by atomic mass is 9.78. The lowest BCUT2D eigenvalue weighted by Crippen LogP contribution is -2.43. The van der Waals surface area contributed by atoms with Crippen LogP contribution in [0.1, 0.15) is 61.1 Å². The van der Waals surface area contributed by atoms with Gasteiger partial charge in [0, 0.05) is 11.0 Å². The second kappa shape index (κ2) is 5.69. The van der Waals surface area contributed by atoms with E-state index < -0.39 is 0 Å². The van der Waals surface area contributed by atoms with Crippen molar-refractivity contribution in [1.29, 1.82) is 0 Å². The van der Waals surface area contributed by atoms with Crippen LogP contribution >= 0.6 is 0 Å². The van der Waals surface area contributed by atoms with Crippen LogP contribution in [0.4, 0.5) is 0 Å². The molecule has 3 atom stereocenters. The molecule has 0 bridgehead atoms. The topological polar surface area (TPSA) is 12.0 Å². The maximum atomic E-state index is 4.35. The minimum Gasteiger partial charge on any atom is -0.300 e. The summed E-state index contributed by atoms with van der Waals surface area (Å²) in [6.45, 7) is 15.8. The molecule has 0 aromatic heterocycles. The van der Waals surface area contributed by atoms with Gasteiger partial charge in [-0.2, -0.15) is 0 Å². The zero-order chi connectivity index (χ0) is 18.7. The molecule has 1 saturated carbocycles. The number of nitrogens with one attached hydrogen (secondary N) is 1. The highest BCUT2D eigenvalue weighted by molar-refractivity contribution is 5.76. The van der Waals surface area contributed by atoms with E-state index in [4.69, 9.17) is 0 Å². The highest BCUT2D eigenvalue weighted by atomic mass is 15.1. The third-order valence-electron chi connectivity index (χ3n) is 6.69. The van der Waals surface area contributed by atoms with Crippen molar-refractivity contribution >= 4 is 5.57 Å². The molecule has 2 aromatic carbocycles. The molecule has 1 nitrogen and oxygen atoms in total. The van der Waals surface area contributed by atoms with Gasteiger partial charge in [0.2, 0.25) is 0 Å². The van der Waals surface area contributed by atoms with E-state index in [2.05, 4.69) is 95.1 Å². The molecule has 1 aliphatic carbocycles. The molecule has 0 saturated heterocycles. The molecule has 4 rings (SSSR count). The molecule has 1 heterocycles. The summed E-state index contributed by atoms with van der Waals surface area (Å²) in [5.41, 5.74) is 9.77. The van der Waals surface area contributed by atoms with Gasteiger partial charge in [-0.3, -0.25) is 0 Å². The van der Waals surface area contributed by atoms with E-state index in [1.807, 2.05) is 0 Å². The second-order valence-electron chi connectivity index (χ2n) is 8.70. The molecule has 0 radical (unpaired) electrons. The van der Waals surface area contributed by atoms with Gasteiger partial charge in [0.05, 0.1) is 6.04 Å². The Bertz CT molecular complexity index is 921. The van der Waals surface area contributed by atoms with Crippen LogP contribution in [0.5, 0.6) is 0 Å². The van der Waals surface area contributed by atoms with Gasteiger partial charge < -0.3 is 5.32 Å². The maximum Gasteiger partial charge on any atom is 0.0519 e. The van der Waals surface area contributed by atoms with E-state index in [9.17, 15) is 0 Å². The number of fused-ring (bicyclic) bond motifs is 3. The Balaban J connectivity index is 1.77. The standard InChI is InChI=1S/C25H29N/c1-16-12-18(3)23-21(13-16)22(26-25(6)15-24(23,25)5)14-17(2)19(4)20-10-8-7-9-11-20/h7-14,22,26H,4,15H2,1-3,5-6H3/b17-14-. The van der Waals surface area contributed by atoms with Crippen LogP contribution in [-0.2, 0) is 5.41 Å². The lowest BCUT2D eigenvalue weighted by molar-refractivity contribution is 0.409. The number of benzene rings is 2. The van der Waals surface area contributed by atoms with E-state index in [0.717, 1.165) is 5.57 Å². The largest absolute Gasteiger partial charge is 0.300 e. The highest BCUT2D eigenvalue weighted by Crippen LogP contribution is 2.63. The Morgan fingerprint density at radius 3 is 2.54 bits per heavy atom. The van der Waals surface area contributed by atoms with Gasteiger partial charge in [0.25, 0.3) is 0 Å². The van der Waals surface area contributed by atoms with Crippen LogP contribution < -0.4 is 5.32 Å². The van der Waals surface area contributed by atoms with Crippen LogP contribution in [0, 0.1) is 13.8 Å². The molecule has 1 aliphatic heterocycles. The second-order valence-corrected chi connectivity index (χ2v) is 8.70. The van der Waals surface area contributed by atoms with Gasteiger partial charge in [-0.1, -0.05) is 67.6 Å². The Hall–Kier alpha value is -2.12. The number of hydrogen-bond donors (Lipinski definition) is 1. The summed E-state index contributed by atoms with van der Waals surface area (Å²) in [5.74, 6) is 0. The number of allylic oxidation sites excluding steroid dienone is 2. The van der Waals surface area contributed by atoms with Crippen LogP contribution in [0.15, 0.2) is 60.7 Å². The summed E-state index contributed by atoms with van der Waals surface area (Å²) in [6.07, 6.45) is 3.58. The fraction of sp³-hybridized carbons (Fsp3) is 0.360. The molecule has 1 heteroatoms. The van der Waals surface area contributed by atoms with Crippen LogP contribution in [0.2, 0.25) is 0 Å². The molecule has 2 aromatic rings. The smallest absolute Gasteiger partial charge is 0.0519 e. The zero-order valence-electron chi connectivity index (χ0n) is 16.6. The molecule has 2 aliphatic rings. The summed E-state index contributed by atoms with van der Waals surface area (Å²) >= 11 is 0. The van der Waals surface area contributed by atoms with E-state index in [1.54, 1.807) is 5.56 Å². The van der Waals surface area contributed by atoms with Gasteiger partial charge >= 0.3 is 0 Å². The summed E-state index contributed by atoms with van der Waals surface area (Å²) in [6, 6.07) is 15.4. The predicted octanol–water partition coefficient (Wildman–Crippen LogP) is 6.03. The summed E-state index contributed by atoms with van der Waals surface area (Å²) < 4.78 is 0. The predicted molar refractivity (Wildman–Crippen MR) is 111 cm³/mol. The molecule has 1 N–H and O–H groups in total. The van der Waals surface area contributed by atoms with Gasteiger partial charge in [-0.25, -0.2) is 0 Å². The summed E-state index contributed by atoms with van der Waals surface area (Å²) in [7, 11) is 0. The molecule has 0 spiro atoms. The van der Waals surface area contributed by atoms with Gasteiger partial charge in [-0.15, -0.1) is 0 Å². The van der Waals surface area contributed by atoms with Crippen molar-refractivity contribution in [2.45, 2.75) is 58.0 Å². The summed E-state index contributed by atoms with van der Waals surface area (Å²) in [5, 5.41) is 3.94.